The van der Waals surface area contributed by atoms with Crippen molar-refractivity contribution in [2.75, 3.05) is 10.7 Å². The summed E-state index contributed by atoms with van der Waals surface area (Å²) in [6.45, 7) is 2.02. The molecule has 0 N–H and O–H groups in total. The summed E-state index contributed by atoms with van der Waals surface area (Å²) in [6, 6.07) is 15.7. The standard InChI is InChI=1S/C16H14ClNOS/c1-11-6-2-5-9-14(11)18-15(19)10-20-16(18)12-7-3-4-8-13(12)17/h2-9,16H,10H2,1H3/t16-/m1/s1. The van der Waals surface area contributed by atoms with Crippen LogP contribution in [0.2, 0.25) is 5.02 Å². The van der Waals surface area contributed by atoms with E-state index in [0.717, 1.165) is 16.8 Å². The van der Waals surface area contributed by atoms with Crippen molar-refractivity contribution in [3.8, 4) is 0 Å². The smallest absolute Gasteiger partial charge is 0.238 e. The van der Waals surface area contributed by atoms with Gasteiger partial charge < -0.3 is 0 Å². The Morgan fingerprint density at radius 3 is 2.60 bits per heavy atom. The van der Waals surface area contributed by atoms with Crippen LogP contribution in [-0.2, 0) is 4.79 Å². The summed E-state index contributed by atoms with van der Waals surface area (Å²) < 4.78 is 0. The normalized spacial score (nSPS) is 18.6. The maximum Gasteiger partial charge on any atom is 0.238 e. The molecular formula is C16H14ClNOS. The Morgan fingerprint density at radius 1 is 1.15 bits per heavy atom. The molecule has 2 aromatic carbocycles. The number of nitrogens with zero attached hydrogens (tertiary/aromatic N) is 1. The molecule has 1 atom stereocenters. The van der Waals surface area contributed by atoms with Gasteiger partial charge in [-0.15, -0.1) is 11.8 Å². The van der Waals surface area contributed by atoms with Crippen LogP contribution in [0.15, 0.2) is 48.5 Å². The predicted molar refractivity (Wildman–Crippen MR) is 85.3 cm³/mol. The molecule has 3 rings (SSSR count). The second-order valence-corrected chi connectivity index (χ2v) is 6.21. The van der Waals surface area contributed by atoms with Crippen LogP contribution in [0.1, 0.15) is 16.5 Å². The first-order valence-electron chi connectivity index (χ1n) is 6.42. The van der Waals surface area contributed by atoms with Gasteiger partial charge in [0.25, 0.3) is 0 Å². The fourth-order valence-corrected chi connectivity index (χ4v) is 3.93. The van der Waals surface area contributed by atoms with Gasteiger partial charge in [0, 0.05) is 16.3 Å². The summed E-state index contributed by atoms with van der Waals surface area (Å²) in [4.78, 5) is 14.1. The predicted octanol–water partition coefficient (Wildman–Crippen LogP) is 4.43. The lowest BCUT2D eigenvalue weighted by Crippen LogP contribution is -2.28. The van der Waals surface area contributed by atoms with Crippen molar-refractivity contribution in [3.63, 3.8) is 0 Å². The number of hydrogen-bond donors (Lipinski definition) is 0. The number of hydrogen-bond acceptors (Lipinski definition) is 2. The van der Waals surface area contributed by atoms with Crippen LogP contribution in [0.3, 0.4) is 0 Å². The number of carbonyl (C=O) groups excluding carboxylic acids is 1. The number of aryl methyl sites for hydroxylation is 1. The monoisotopic (exact) mass is 303 g/mol. The molecule has 0 unspecified atom stereocenters. The zero-order valence-electron chi connectivity index (χ0n) is 11.0. The number of amides is 1. The third-order valence-electron chi connectivity index (χ3n) is 3.41. The van der Waals surface area contributed by atoms with Gasteiger partial charge in [0.05, 0.1) is 5.75 Å². The molecule has 0 bridgehead atoms. The average molecular weight is 304 g/mol. The first-order chi connectivity index (χ1) is 9.68. The summed E-state index contributed by atoms with van der Waals surface area (Å²) in [5, 5.41) is 0.663. The Morgan fingerprint density at radius 2 is 1.85 bits per heavy atom. The molecule has 2 nitrogen and oxygen atoms in total. The highest BCUT2D eigenvalue weighted by atomic mass is 35.5. The highest BCUT2D eigenvalue weighted by Gasteiger charge is 2.35. The number of anilines is 1. The molecule has 1 amide bonds. The van der Waals surface area contributed by atoms with Gasteiger partial charge in [-0.1, -0.05) is 48.0 Å². The largest absolute Gasteiger partial charge is 0.295 e. The molecular weight excluding hydrogens is 290 g/mol. The second kappa shape index (κ2) is 5.51. The van der Waals surface area contributed by atoms with Crippen molar-refractivity contribution in [2.24, 2.45) is 0 Å². The quantitative estimate of drug-likeness (QED) is 0.818. The Labute approximate surface area is 127 Å². The lowest BCUT2D eigenvalue weighted by molar-refractivity contribution is -0.115. The lowest BCUT2D eigenvalue weighted by Gasteiger charge is -2.26. The van der Waals surface area contributed by atoms with E-state index in [1.165, 1.54) is 0 Å². The van der Waals surface area contributed by atoms with E-state index in [1.54, 1.807) is 11.8 Å². The van der Waals surface area contributed by atoms with Gasteiger partial charge >= 0.3 is 0 Å². The minimum absolute atomic E-state index is 0.0442. The van der Waals surface area contributed by atoms with Crippen molar-refractivity contribution in [3.05, 3.63) is 64.7 Å². The van der Waals surface area contributed by atoms with E-state index < -0.39 is 0 Å². The molecule has 1 aliphatic rings. The third kappa shape index (κ3) is 2.32. The van der Waals surface area contributed by atoms with Crippen LogP contribution in [0.25, 0.3) is 0 Å². The van der Waals surface area contributed by atoms with Gasteiger partial charge in [0.2, 0.25) is 5.91 Å². The molecule has 0 spiro atoms. The van der Waals surface area contributed by atoms with E-state index in [1.807, 2.05) is 60.4 Å². The molecule has 0 saturated carbocycles. The minimum Gasteiger partial charge on any atom is -0.295 e. The molecule has 1 heterocycles. The summed E-state index contributed by atoms with van der Waals surface area (Å²) in [5.74, 6) is 0.624. The molecule has 0 aromatic heterocycles. The van der Waals surface area contributed by atoms with Crippen LogP contribution in [-0.4, -0.2) is 11.7 Å². The Bertz CT molecular complexity index is 658. The number of thioether (sulfide) groups is 1. The number of para-hydroxylation sites is 1. The van der Waals surface area contributed by atoms with Gasteiger partial charge in [-0.05, 0) is 24.6 Å². The topological polar surface area (TPSA) is 20.3 Å². The maximum atomic E-state index is 12.3. The van der Waals surface area contributed by atoms with E-state index >= 15 is 0 Å². The lowest BCUT2D eigenvalue weighted by atomic mass is 10.1. The van der Waals surface area contributed by atoms with Crippen LogP contribution >= 0.6 is 23.4 Å². The summed E-state index contributed by atoms with van der Waals surface area (Å²) >= 11 is 7.91. The molecule has 4 heteroatoms. The zero-order chi connectivity index (χ0) is 14.1. The number of benzene rings is 2. The van der Waals surface area contributed by atoms with Gasteiger partial charge in [-0.3, -0.25) is 9.69 Å². The highest BCUT2D eigenvalue weighted by molar-refractivity contribution is 8.00. The van der Waals surface area contributed by atoms with Crippen LogP contribution in [0.4, 0.5) is 5.69 Å². The second-order valence-electron chi connectivity index (χ2n) is 4.74. The van der Waals surface area contributed by atoms with Crippen molar-refractivity contribution in [1.82, 2.24) is 0 Å². The van der Waals surface area contributed by atoms with Crippen LogP contribution in [0, 0.1) is 6.92 Å². The van der Waals surface area contributed by atoms with Crippen molar-refractivity contribution >= 4 is 35.0 Å². The van der Waals surface area contributed by atoms with E-state index in [-0.39, 0.29) is 11.3 Å². The number of halogens is 1. The highest BCUT2D eigenvalue weighted by Crippen LogP contribution is 2.44. The molecule has 1 saturated heterocycles. The molecule has 1 aliphatic heterocycles. The minimum atomic E-state index is -0.0442. The van der Waals surface area contributed by atoms with Crippen molar-refractivity contribution in [1.29, 1.82) is 0 Å². The van der Waals surface area contributed by atoms with Gasteiger partial charge in [0.15, 0.2) is 0 Å². The van der Waals surface area contributed by atoms with E-state index in [9.17, 15) is 4.79 Å². The van der Waals surface area contributed by atoms with Crippen LogP contribution < -0.4 is 4.90 Å². The van der Waals surface area contributed by atoms with Gasteiger partial charge in [0.1, 0.15) is 5.37 Å². The Balaban J connectivity index is 2.06. The maximum absolute atomic E-state index is 12.3. The van der Waals surface area contributed by atoms with Gasteiger partial charge in [-0.2, -0.15) is 0 Å². The average Bonchev–Trinajstić information content (AvgIpc) is 2.82. The fourth-order valence-electron chi connectivity index (χ4n) is 2.42. The first-order valence-corrected chi connectivity index (χ1v) is 7.85. The van der Waals surface area contributed by atoms with E-state index in [2.05, 4.69) is 0 Å². The fraction of sp³-hybridized carbons (Fsp3) is 0.188. The summed E-state index contributed by atoms with van der Waals surface area (Å²) in [6.07, 6.45) is 0. The molecule has 2 aromatic rings. The van der Waals surface area contributed by atoms with Crippen LogP contribution in [0.5, 0.6) is 0 Å². The third-order valence-corrected chi connectivity index (χ3v) is 4.95. The SMILES string of the molecule is Cc1ccccc1N1C(=O)CS[C@@H]1c1ccccc1Cl. The first kappa shape index (κ1) is 13.5. The van der Waals surface area contributed by atoms with Crippen molar-refractivity contribution < 1.29 is 4.79 Å². The molecule has 20 heavy (non-hydrogen) atoms. The molecule has 0 radical (unpaired) electrons. The molecule has 102 valence electrons. The zero-order valence-corrected chi connectivity index (χ0v) is 12.6. The Hall–Kier alpha value is -1.45. The van der Waals surface area contributed by atoms with Crippen molar-refractivity contribution in [2.45, 2.75) is 12.3 Å². The summed E-state index contributed by atoms with van der Waals surface area (Å²) in [5.41, 5.74) is 3.06. The van der Waals surface area contributed by atoms with E-state index in [4.69, 9.17) is 11.6 Å². The number of carbonyl (C=O) groups is 1. The number of rotatable bonds is 2. The molecule has 1 fully saturated rings. The Kier molecular flexibility index (Phi) is 3.72. The molecule has 0 aliphatic carbocycles. The van der Waals surface area contributed by atoms with E-state index in [0.29, 0.717) is 10.8 Å². The van der Waals surface area contributed by atoms with Gasteiger partial charge in [-0.25, -0.2) is 0 Å². The summed E-state index contributed by atoms with van der Waals surface area (Å²) in [7, 11) is 0.